The van der Waals surface area contributed by atoms with E-state index in [9.17, 15) is 18.0 Å². The van der Waals surface area contributed by atoms with E-state index < -0.39 is 11.7 Å². The maximum absolute atomic E-state index is 13.0. The van der Waals surface area contributed by atoms with Gasteiger partial charge in [0.15, 0.2) is 0 Å². The number of aryl methyl sites for hydroxylation is 1. The summed E-state index contributed by atoms with van der Waals surface area (Å²) < 4.78 is 40.5. The van der Waals surface area contributed by atoms with Crippen molar-refractivity contribution < 1.29 is 18.0 Å². The molecule has 1 amide bonds. The standard InChI is InChI=1S/C20H25F3N4O/c1-12-9-16(24)7-8-26(12)19(28)11-18-13(2)25-27(14(18)3)17-6-4-5-15(10-17)20(21,22)23/h4-6,10,12,16H,7-9,11,24H2,1-3H3/t12-,16-/m1/s1. The highest BCUT2D eigenvalue weighted by molar-refractivity contribution is 5.79. The number of alkyl halides is 3. The number of nitrogens with zero attached hydrogens (tertiary/aromatic N) is 3. The van der Waals surface area contributed by atoms with Crippen LogP contribution in [0.5, 0.6) is 0 Å². The second kappa shape index (κ2) is 7.58. The Balaban J connectivity index is 1.86. The molecule has 1 saturated heterocycles. The predicted molar refractivity (Wildman–Crippen MR) is 100 cm³/mol. The zero-order valence-corrected chi connectivity index (χ0v) is 16.3. The molecule has 2 atom stereocenters. The lowest BCUT2D eigenvalue weighted by atomic mass is 9.98. The molecule has 0 bridgehead atoms. The van der Waals surface area contributed by atoms with E-state index in [-0.39, 0.29) is 24.4 Å². The molecule has 1 aliphatic rings. The monoisotopic (exact) mass is 394 g/mol. The Labute approximate surface area is 162 Å². The molecule has 2 heterocycles. The Morgan fingerprint density at radius 3 is 2.68 bits per heavy atom. The van der Waals surface area contributed by atoms with Gasteiger partial charge in [-0.15, -0.1) is 0 Å². The van der Waals surface area contributed by atoms with Crippen LogP contribution in [0.2, 0.25) is 0 Å². The van der Waals surface area contributed by atoms with E-state index >= 15 is 0 Å². The SMILES string of the molecule is Cc1nn(-c2cccc(C(F)(F)F)c2)c(C)c1CC(=O)N1CC[C@@H](N)C[C@H]1C. The van der Waals surface area contributed by atoms with Gasteiger partial charge in [-0.05, 0) is 51.8 Å². The number of hydrogen-bond acceptors (Lipinski definition) is 3. The van der Waals surface area contributed by atoms with Crippen molar-refractivity contribution in [2.45, 2.75) is 58.3 Å². The van der Waals surface area contributed by atoms with Gasteiger partial charge in [0.05, 0.1) is 23.4 Å². The van der Waals surface area contributed by atoms with E-state index in [2.05, 4.69) is 5.10 Å². The number of nitrogens with two attached hydrogens (primary N) is 1. The second-order valence-electron chi connectivity index (χ2n) is 7.51. The number of aromatic nitrogens is 2. The van der Waals surface area contributed by atoms with E-state index in [0.717, 1.165) is 30.5 Å². The topological polar surface area (TPSA) is 64.2 Å². The molecule has 1 aromatic carbocycles. The van der Waals surface area contributed by atoms with Crippen LogP contribution in [-0.2, 0) is 17.4 Å². The Kier molecular flexibility index (Phi) is 5.52. The molecule has 152 valence electrons. The lowest BCUT2D eigenvalue weighted by Crippen LogP contribution is -2.48. The van der Waals surface area contributed by atoms with E-state index in [1.807, 2.05) is 11.8 Å². The maximum atomic E-state index is 13.0. The molecule has 28 heavy (non-hydrogen) atoms. The lowest BCUT2D eigenvalue weighted by Gasteiger charge is -2.36. The first-order chi connectivity index (χ1) is 13.1. The quantitative estimate of drug-likeness (QED) is 0.868. The first kappa shape index (κ1) is 20.4. The molecular weight excluding hydrogens is 369 g/mol. The van der Waals surface area contributed by atoms with Gasteiger partial charge in [-0.25, -0.2) is 4.68 Å². The van der Waals surface area contributed by atoms with Gasteiger partial charge in [0.25, 0.3) is 0 Å². The van der Waals surface area contributed by atoms with Crippen molar-refractivity contribution in [2.75, 3.05) is 6.54 Å². The summed E-state index contributed by atoms with van der Waals surface area (Å²) in [5.41, 5.74) is 7.63. The third kappa shape index (κ3) is 4.06. The summed E-state index contributed by atoms with van der Waals surface area (Å²) in [6, 6.07) is 5.23. The average molecular weight is 394 g/mol. The van der Waals surface area contributed by atoms with Crippen molar-refractivity contribution in [3.05, 3.63) is 46.8 Å². The molecule has 0 saturated carbocycles. The van der Waals surface area contributed by atoms with Crippen molar-refractivity contribution >= 4 is 5.91 Å². The van der Waals surface area contributed by atoms with Crippen LogP contribution in [0.1, 0.15) is 42.3 Å². The molecule has 2 aromatic rings. The minimum Gasteiger partial charge on any atom is -0.340 e. The first-order valence-electron chi connectivity index (χ1n) is 9.35. The zero-order valence-electron chi connectivity index (χ0n) is 16.3. The molecule has 1 fully saturated rings. The highest BCUT2D eigenvalue weighted by atomic mass is 19.4. The number of amides is 1. The van der Waals surface area contributed by atoms with Crippen LogP contribution in [0.15, 0.2) is 24.3 Å². The third-order valence-electron chi connectivity index (χ3n) is 5.42. The Morgan fingerprint density at radius 2 is 2.04 bits per heavy atom. The Bertz CT molecular complexity index is 875. The number of hydrogen-bond donors (Lipinski definition) is 1. The second-order valence-corrected chi connectivity index (χ2v) is 7.51. The summed E-state index contributed by atoms with van der Waals surface area (Å²) >= 11 is 0. The van der Waals surface area contributed by atoms with Crippen LogP contribution in [0.25, 0.3) is 5.69 Å². The van der Waals surface area contributed by atoms with Crippen molar-refractivity contribution in [3.8, 4) is 5.69 Å². The molecule has 0 radical (unpaired) electrons. The fourth-order valence-corrected chi connectivity index (χ4v) is 3.83. The summed E-state index contributed by atoms with van der Waals surface area (Å²) in [7, 11) is 0. The van der Waals surface area contributed by atoms with Crippen LogP contribution < -0.4 is 5.73 Å². The normalized spacial score (nSPS) is 20.5. The van der Waals surface area contributed by atoms with Crippen molar-refractivity contribution in [1.82, 2.24) is 14.7 Å². The smallest absolute Gasteiger partial charge is 0.340 e. The molecule has 5 nitrogen and oxygen atoms in total. The van der Waals surface area contributed by atoms with Gasteiger partial charge in [-0.1, -0.05) is 6.07 Å². The van der Waals surface area contributed by atoms with Gasteiger partial charge >= 0.3 is 6.18 Å². The molecule has 8 heteroatoms. The van der Waals surface area contributed by atoms with Gasteiger partial charge in [-0.3, -0.25) is 4.79 Å². The number of rotatable bonds is 3. The highest BCUT2D eigenvalue weighted by Crippen LogP contribution is 2.31. The first-order valence-corrected chi connectivity index (χ1v) is 9.35. The van der Waals surface area contributed by atoms with Crippen LogP contribution in [-0.4, -0.2) is 39.2 Å². The van der Waals surface area contributed by atoms with Crippen molar-refractivity contribution in [2.24, 2.45) is 5.73 Å². The Morgan fingerprint density at radius 1 is 1.32 bits per heavy atom. The minimum atomic E-state index is -4.42. The fraction of sp³-hybridized carbons (Fsp3) is 0.500. The lowest BCUT2D eigenvalue weighted by molar-refractivity contribution is -0.137. The summed E-state index contributed by atoms with van der Waals surface area (Å²) in [4.78, 5) is 14.7. The summed E-state index contributed by atoms with van der Waals surface area (Å²) in [5, 5.41) is 4.39. The number of likely N-dealkylation sites (tertiary alicyclic amines) is 1. The number of carbonyl (C=O) groups is 1. The van der Waals surface area contributed by atoms with Crippen LogP contribution >= 0.6 is 0 Å². The number of carbonyl (C=O) groups excluding carboxylic acids is 1. The average Bonchev–Trinajstić information content (AvgIpc) is 2.89. The predicted octanol–water partition coefficient (Wildman–Crippen LogP) is 3.39. The van der Waals surface area contributed by atoms with E-state index in [0.29, 0.717) is 23.6 Å². The summed E-state index contributed by atoms with van der Waals surface area (Å²) in [5.74, 6) is -0.00538. The van der Waals surface area contributed by atoms with Gasteiger partial charge in [-0.2, -0.15) is 18.3 Å². The van der Waals surface area contributed by atoms with Gasteiger partial charge in [0.1, 0.15) is 0 Å². The van der Waals surface area contributed by atoms with E-state index in [1.54, 1.807) is 19.9 Å². The number of halogens is 3. The summed E-state index contributed by atoms with van der Waals surface area (Å²) in [6.45, 7) is 6.16. The Hall–Kier alpha value is -2.35. The maximum Gasteiger partial charge on any atom is 0.416 e. The molecular formula is C20H25F3N4O. The molecule has 0 spiro atoms. The van der Waals surface area contributed by atoms with Crippen LogP contribution in [0, 0.1) is 13.8 Å². The van der Waals surface area contributed by atoms with Crippen molar-refractivity contribution in [3.63, 3.8) is 0 Å². The van der Waals surface area contributed by atoms with E-state index in [1.165, 1.54) is 10.7 Å². The molecule has 2 N–H and O–H groups in total. The third-order valence-corrected chi connectivity index (χ3v) is 5.42. The fourth-order valence-electron chi connectivity index (χ4n) is 3.83. The zero-order chi connectivity index (χ0) is 20.6. The number of piperidine rings is 1. The minimum absolute atomic E-state index is 0.00538. The van der Waals surface area contributed by atoms with Crippen LogP contribution in [0.3, 0.4) is 0 Å². The molecule has 0 aliphatic carbocycles. The molecule has 0 unspecified atom stereocenters. The number of benzene rings is 1. The van der Waals surface area contributed by atoms with E-state index in [4.69, 9.17) is 5.73 Å². The molecule has 1 aromatic heterocycles. The van der Waals surface area contributed by atoms with Gasteiger partial charge < -0.3 is 10.6 Å². The van der Waals surface area contributed by atoms with Crippen molar-refractivity contribution in [1.29, 1.82) is 0 Å². The summed E-state index contributed by atoms with van der Waals surface area (Å²) in [6.07, 6.45) is -2.70. The highest BCUT2D eigenvalue weighted by Gasteiger charge is 2.31. The van der Waals surface area contributed by atoms with Gasteiger partial charge in [0, 0.05) is 29.9 Å². The molecule has 1 aliphatic heterocycles. The van der Waals surface area contributed by atoms with Crippen LogP contribution in [0.4, 0.5) is 13.2 Å². The largest absolute Gasteiger partial charge is 0.416 e. The van der Waals surface area contributed by atoms with Gasteiger partial charge in [0.2, 0.25) is 5.91 Å². The molecule has 3 rings (SSSR count).